The van der Waals surface area contributed by atoms with Gasteiger partial charge in [-0.25, -0.2) is 4.39 Å². The molecule has 4 aromatic carbocycles. The maximum atomic E-state index is 13.6. The third-order valence-electron chi connectivity index (χ3n) is 7.09. The van der Waals surface area contributed by atoms with E-state index in [9.17, 15) is 19.1 Å². The van der Waals surface area contributed by atoms with Gasteiger partial charge in [-0.05, 0) is 60.0 Å². The van der Waals surface area contributed by atoms with Crippen molar-refractivity contribution in [3.05, 3.63) is 142 Å². The minimum absolute atomic E-state index is 0.122. The number of carbonyl (C=O) groups excluding carboxylic acids is 2. The molecule has 6 rings (SSSR count). The van der Waals surface area contributed by atoms with Crippen molar-refractivity contribution in [3.63, 3.8) is 0 Å². The first-order valence-electron chi connectivity index (χ1n) is 13.7. The normalized spacial score (nSPS) is 16.0. The fourth-order valence-electron chi connectivity index (χ4n) is 4.78. The van der Waals surface area contributed by atoms with Gasteiger partial charge in [0.05, 0.1) is 11.6 Å². The molecular weight excluding hydrogens is 598 g/mol. The molecule has 1 aliphatic rings. The molecule has 44 heavy (non-hydrogen) atoms. The van der Waals surface area contributed by atoms with Crippen LogP contribution in [0.5, 0.6) is 5.75 Å². The lowest BCUT2D eigenvalue weighted by atomic mass is 9.95. The number of amides is 1. The number of hydrogen-bond acceptors (Lipinski definition) is 8. The number of thioether (sulfide) groups is 1. The van der Waals surface area contributed by atoms with Gasteiger partial charge in [0.1, 0.15) is 23.9 Å². The molecular formula is C34H26FN3O4S2. The molecule has 1 fully saturated rings. The lowest BCUT2D eigenvalue weighted by Crippen LogP contribution is -2.29. The number of anilines is 1. The zero-order chi connectivity index (χ0) is 30.6. The summed E-state index contributed by atoms with van der Waals surface area (Å²) >= 11 is 2.67. The van der Waals surface area contributed by atoms with E-state index in [1.807, 2.05) is 61.5 Å². The number of benzene rings is 4. The largest absolute Gasteiger partial charge is 0.507 e. The van der Waals surface area contributed by atoms with Gasteiger partial charge in [-0.15, -0.1) is 10.2 Å². The van der Waals surface area contributed by atoms with Crippen LogP contribution in [0.4, 0.5) is 9.52 Å². The summed E-state index contributed by atoms with van der Waals surface area (Å²) < 4.78 is 20.2. The summed E-state index contributed by atoms with van der Waals surface area (Å²) in [5, 5.41) is 20.1. The van der Waals surface area contributed by atoms with Crippen molar-refractivity contribution in [1.29, 1.82) is 0 Å². The van der Waals surface area contributed by atoms with Gasteiger partial charge in [0.25, 0.3) is 5.78 Å². The number of rotatable bonds is 9. The van der Waals surface area contributed by atoms with Crippen LogP contribution in [0.15, 0.2) is 113 Å². The summed E-state index contributed by atoms with van der Waals surface area (Å²) in [5.74, 6) is -1.35. The Hall–Kier alpha value is -4.80. The van der Waals surface area contributed by atoms with Crippen LogP contribution < -0.4 is 9.64 Å². The summed E-state index contributed by atoms with van der Waals surface area (Å²) in [5.41, 5.74) is 3.95. The molecule has 0 aliphatic carbocycles. The summed E-state index contributed by atoms with van der Waals surface area (Å²) in [7, 11) is 0. The van der Waals surface area contributed by atoms with Crippen molar-refractivity contribution in [2.75, 3.05) is 4.90 Å². The number of ether oxygens (including phenoxy) is 1. The number of ketones is 1. The van der Waals surface area contributed by atoms with E-state index in [4.69, 9.17) is 4.74 Å². The maximum absolute atomic E-state index is 13.6. The Bertz CT molecular complexity index is 1820. The van der Waals surface area contributed by atoms with Gasteiger partial charge in [-0.1, -0.05) is 95.4 Å². The van der Waals surface area contributed by atoms with Gasteiger partial charge in [0.2, 0.25) is 5.13 Å². The number of aryl methyl sites for hydroxylation is 1. The van der Waals surface area contributed by atoms with Gasteiger partial charge in [-0.2, -0.15) is 0 Å². The zero-order valence-electron chi connectivity index (χ0n) is 23.5. The first kappa shape index (κ1) is 29.3. The fourth-order valence-corrected chi connectivity index (χ4v) is 6.61. The molecule has 0 saturated carbocycles. The number of carbonyl (C=O) groups is 2. The average Bonchev–Trinajstić information content (AvgIpc) is 3.62. The number of aromatic nitrogens is 2. The topological polar surface area (TPSA) is 92.6 Å². The Morgan fingerprint density at radius 2 is 1.61 bits per heavy atom. The highest BCUT2D eigenvalue weighted by Gasteiger charge is 2.48. The minimum Gasteiger partial charge on any atom is -0.507 e. The molecule has 1 amide bonds. The molecule has 1 saturated heterocycles. The Balaban J connectivity index is 1.33. The monoisotopic (exact) mass is 623 g/mol. The van der Waals surface area contributed by atoms with E-state index in [0.29, 0.717) is 28.0 Å². The smallest absolute Gasteiger partial charge is 0.301 e. The molecule has 7 nitrogen and oxygen atoms in total. The van der Waals surface area contributed by atoms with Gasteiger partial charge in [-0.3, -0.25) is 14.5 Å². The van der Waals surface area contributed by atoms with E-state index in [0.717, 1.165) is 11.1 Å². The van der Waals surface area contributed by atoms with E-state index in [2.05, 4.69) is 10.2 Å². The third-order valence-corrected chi connectivity index (χ3v) is 9.22. The Morgan fingerprint density at radius 3 is 2.32 bits per heavy atom. The van der Waals surface area contributed by atoms with Crippen LogP contribution in [0.1, 0.15) is 33.9 Å². The van der Waals surface area contributed by atoms with Crippen molar-refractivity contribution >= 4 is 45.7 Å². The fraction of sp³-hybridized carbons (Fsp3) is 0.118. The van der Waals surface area contributed by atoms with Crippen LogP contribution in [0.2, 0.25) is 0 Å². The van der Waals surface area contributed by atoms with Crippen molar-refractivity contribution in [2.24, 2.45) is 0 Å². The molecule has 1 atom stereocenters. The van der Waals surface area contributed by atoms with E-state index in [-0.39, 0.29) is 16.3 Å². The molecule has 1 aromatic heterocycles. The van der Waals surface area contributed by atoms with E-state index >= 15 is 0 Å². The Morgan fingerprint density at radius 1 is 0.909 bits per heavy atom. The number of Topliss-reactive ketones (excluding diaryl/α,β-unsaturated/α-hetero) is 1. The summed E-state index contributed by atoms with van der Waals surface area (Å²) in [6, 6.07) is 29.0. The molecule has 2 heterocycles. The maximum Gasteiger partial charge on any atom is 0.301 e. The second-order valence-corrected chi connectivity index (χ2v) is 12.3. The summed E-state index contributed by atoms with van der Waals surface area (Å²) in [6.45, 7) is 2.40. The van der Waals surface area contributed by atoms with E-state index in [1.165, 1.54) is 57.8 Å². The molecule has 1 N–H and O–H groups in total. The van der Waals surface area contributed by atoms with Crippen LogP contribution in [0.3, 0.4) is 0 Å². The number of halogens is 1. The summed E-state index contributed by atoms with van der Waals surface area (Å²) in [6.07, 6.45) is 0. The zero-order valence-corrected chi connectivity index (χ0v) is 25.1. The van der Waals surface area contributed by atoms with Gasteiger partial charge >= 0.3 is 5.91 Å². The van der Waals surface area contributed by atoms with Crippen LogP contribution >= 0.6 is 23.1 Å². The standard InChI is InChI=1S/C34H26FN3O4S2/c1-21-7-9-23(10-8-21)20-43-34-37-36-33(44-34)38-29(24-13-17-27(18-14-24)42-19-22-5-3-2-4-6-22)28(31(40)32(38)41)30(39)25-11-15-26(35)16-12-25/h2-18,29,39H,19-20H2,1H3. The molecule has 220 valence electrons. The molecule has 1 aliphatic heterocycles. The highest BCUT2D eigenvalue weighted by molar-refractivity contribution is 8.00. The molecule has 0 radical (unpaired) electrons. The number of nitrogens with zero attached hydrogens (tertiary/aromatic N) is 3. The number of aliphatic hydroxyl groups excluding tert-OH is 1. The van der Waals surface area contributed by atoms with E-state index in [1.54, 1.807) is 24.3 Å². The van der Waals surface area contributed by atoms with Crippen molar-refractivity contribution in [2.45, 2.75) is 29.7 Å². The lowest BCUT2D eigenvalue weighted by Gasteiger charge is -2.22. The summed E-state index contributed by atoms with van der Waals surface area (Å²) in [4.78, 5) is 28.3. The third kappa shape index (κ3) is 6.27. The average molecular weight is 624 g/mol. The second kappa shape index (κ2) is 12.8. The molecule has 0 bridgehead atoms. The minimum atomic E-state index is -0.994. The molecule has 1 unspecified atom stereocenters. The Labute approximate surface area is 261 Å². The van der Waals surface area contributed by atoms with Crippen LogP contribution in [-0.4, -0.2) is 27.0 Å². The van der Waals surface area contributed by atoms with Gasteiger partial charge in [0.15, 0.2) is 4.34 Å². The highest BCUT2D eigenvalue weighted by atomic mass is 32.2. The molecule has 0 spiro atoms. The van der Waals surface area contributed by atoms with Gasteiger partial charge < -0.3 is 9.84 Å². The first-order chi connectivity index (χ1) is 21.4. The van der Waals surface area contributed by atoms with Gasteiger partial charge in [0, 0.05) is 11.3 Å². The number of hydrogen-bond donors (Lipinski definition) is 1. The van der Waals surface area contributed by atoms with Crippen LogP contribution in [0, 0.1) is 12.7 Å². The highest BCUT2D eigenvalue weighted by Crippen LogP contribution is 2.44. The first-order valence-corrected chi connectivity index (χ1v) is 15.5. The predicted molar refractivity (Wildman–Crippen MR) is 169 cm³/mol. The van der Waals surface area contributed by atoms with E-state index < -0.39 is 29.3 Å². The molecule has 10 heteroatoms. The quantitative estimate of drug-likeness (QED) is 0.0598. The Kier molecular flexibility index (Phi) is 8.53. The molecule has 5 aromatic rings. The number of aliphatic hydroxyl groups is 1. The van der Waals surface area contributed by atoms with Crippen LogP contribution in [0.25, 0.3) is 5.76 Å². The van der Waals surface area contributed by atoms with Crippen LogP contribution in [-0.2, 0) is 21.9 Å². The second-order valence-electron chi connectivity index (χ2n) is 10.1. The predicted octanol–water partition coefficient (Wildman–Crippen LogP) is 7.48. The van der Waals surface area contributed by atoms with Crippen molar-refractivity contribution in [1.82, 2.24) is 10.2 Å². The van der Waals surface area contributed by atoms with Crippen molar-refractivity contribution in [3.8, 4) is 5.75 Å². The SMILES string of the molecule is Cc1ccc(CSc2nnc(N3C(=O)C(=O)C(=C(O)c4ccc(F)cc4)C3c3ccc(OCc4ccccc4)cc3)s2)cc1. The van der Waals surface area contributed by atoms with Crippen molar-refractivity contribution < 1.29 is 23.8 Å². The lowest BCUT2D eigenvalue weighted by molar-refractivity contribution is -0.132.